The molecule has 2 saturated heterocycles. The SMILES string of the molecule is CC1(C)OB(c2ccc3c(-c4ccc5ccccc5c4)c4cc(B5OC(C)(C)C(C)(C)O5)ccc4c(C4=CC5=CC=CC=C(C=C4)C5)c3c2)OC1(C)C. The van der Waals surface area contributed by atoms with Crippen LogP contribution >= 0.6 is 0 Å². The van der Waals surface area contributed by atoms with Gasteiger partial charge in [-0.05, 0) is 145 Å². The van der Waals surface area contributed by atoms with Gasteiger partial charge in [0, 0.05) is 0 Å². The highest BCUT2D eigenvalue weighted by Gasteiger charge is 2.53. The lowest BCUT2D eigenvalue weighted by Gasteiger charge is -2.32. The van der Waals surface area contributed by atoms with Gasteiger partial charge in [-0.2, -0.15) is 0 Å². The summed E-state index contributed by atoms with van der Waals surface area (Å²) in [5, 5.41) is 7.08. The van der Waals surface area contributed by atoms with Gasteiger partial charge in [-0.1, -0.05) is 115 Å². The van der Waals surface area contributed by atoms with E-state index in [2.05, 4.69) is 177 Å². The molecule has 5 aromatic carbocycles. The Morgan fingerprint density at radius 1 is 0.491 bits per heavy atom. The molecule has 4 nitrogen and oxygen atoms in total. The molecule has 2 aliphatic heterocycles. The second-order valence-electron chi connectivity index (χ2n) is 17.1. The van der Waals surface area contributed by atoms with Crippen molar-refractivity contribution >= 4 is 63.1 Å². The molecular weight excluding hydrogens is 650 g/mol. The maximum atomic E-state index is 6.63. The minimum absolute atomic E-state index is 0.449. The minimum Gasteiger partial charge on any atom is -0.399 e. The second-order valence-corrected chi connectivity index (χ2v) is 17.1. The zero-order valence-corrected chi connectivity index (χ0v) is 32.0. The van der Waals surface area contributed by atoms with Gasteiger partial charge in [0.15, 0.2) is 0 Å². The normalized spacial score (nSPS) is 21.2. The van der Waals surface area contributed by atoms with Crippen molar-refractivity contribution in [2.75, 3.05) is 0 Å². The molecule has 2 aliphatic carbocycles. The van der Waals surface area contributed by atoms with E-state index in [9.17, 15) is 0 Å². The molecule has 0 saturated carbocycles. The third-order valence-corrected chi connectivity index (χ3v) is 12.5. The van der Waals surface area contributed by atoms with Gasteiger partial charge in [0.2, 0.25) is 0 Å². The summed E-state index contributed by atoms with van der Waals surface area (Å²) in [6.07, 6.45) is 16.5. The summed E-state index contributed by atoms with van der Waals surface area (Å²) in [4.78, 5) is 0. The van der Waals surface area contributed by atoms with Crippen LogP contribution in [-0.4, -0.2) is 36.6 Å². The molecule has 0 spiro atoms. The Labute approximate surface area is 314 Å². The lowest BCUT2D eigenvalue weighted by Crippen LogP contribution is -2.41. The van der Waals surface area contributed by atoms with Gasteiger partial charge in [0.25, 0.3) is 0 Å². The van der Waals surface area contributed by atoms with Crippen molar-refractivity contribution in [3.05, 3.63) is 138 Å². The van der Waals surface area contributed by atoms with E-state index < -0.39 is 36.6 Å². The largest absolute Gasteiger partial charge is 0.494 e. The van der Waals surface area contributed by atoms with E-state index in [1.807, 2.05) is 0 Å². The number of hydrogen-bond donors (Lipinski definition) is 0. The molecule has 53 heavy (non-hydrogen) atoms. The van der Waals surface area contributed by atoms with Crippen LogP contribution in [0.25, 0.3) is 49.0 Å². The number of benzene rings is 5. The van der Waals surface area contributed by atoms with Crippen LogP contribution in [0.5, 0.6) is 0 Å². The second kappa shape index (κ2) is 12.0. The fraction of sp³-hybridized carbons (Fsp3) is 0.277. The Morgan fingerprint density at radius 3 is 1.62 bits per heavy atom. The molecule has 5 aromatic rings. The van der Waals surface area contributed by atoms with Gasteiger partial charge in [-0.15, -0.1) is 0 Å². The van der Waals surface area contributed by atoms with E-state index in [1.165, 1.54) is 49.4 Å². The molecule has 2 heterocycles. The molecule has 0 N–H and O–H groups in total. The zero-order valence-electron chi connectivity index (χ0n) is 32.0. The number of fused-ring (bicyclic) bond motifs is 5. The Hall–Kier alpha value is -4.45. The molecule has 0 aromatic heterocycles. The molecule has 2 bridgehead atoms. The summed E-state index contributed by atoms with van der Waals surface area (Å²) < 4.78 is 26.5. The van der Waals surface area contributed by atoms with Gasteiger partial charge >= 0.3 is 14.2 Å². The van der Waals surface area contributed by atoms with Gasteiger partial charge in [-0.25, -0.2) is 0 Å². The Kier molecular flexibility index (Phi) is 7.79. The maximum absolute atomic E-state index is 6.63. The Morgan fingerprint density at radius 2 is 1.02 bits per heavy atom. The Bertz CT molecular complexity index is 2480. The first-order chi connectivity index (χ1) is 25.2. The first-order valence-electron chi connectivity index (χ1n) is 18.9. The van der Waals surface area contributed by atoms with Crippen LogP contribution < -0.4 is 10.9 Å². The first kappa shape index (κ1) is 34.3. The third-order valence-electron chi connectivity index (χ3n) is 12.5. The lowest BCUT2D eigenvalue weighted by molar-refractivity contribution is 0.00578. The molecule has 0 atom stereocenters. The fourth-order valence-corrected chi connectivity index (χ4v) is 8.01. The van der Waals surface area contributed by atoms with Crippen LogP contribution in [0.4, 0.5) is 0 Å². The minimum atomic E-state index is -0.484. The van der Waals surface area contributed by atoms with Crippen LogP contribution in [0.3, 0.4) is 0 Å². The fourth-order valence-electron chi connectivity index (χ4n) is 8.01. The van der Waals surface area contributed by atoms with Gasteiger partial charge in [-0.3, -0.25) is 0 Å². The predicted octanol–water partition coefficient (Wildman–Crippen LogP) is 10.2. The van der Waals surface area contributed by atoms with Crippen LogP contribution in [-0.2, 0) is 18.6 Å². The van der Waals surface area contributed by atoms with E-state index in [4.69, 9.17) is 18.6 Å². The van der Waals surface area contributed by atoms with Gasteiger partial charge in [0.05, 0.1) is 22.4 Å². The molecule has 9 rings (SSSR count). The maximum Gasteiger partial charge on any atom is 0.494 e. The highest BCUT2D eigenvalue weighted by Crippen LogP contribution is 2.45. The van der Waals surface area contributed by atoms with Crippen molar-refractivity contribution in [1.82, 2.24) is 0 Å². The quantitative estimate of drug-likeness (QED) is 0.139. The van der Waals surface area contributed by atoms with Crippen molar-refractivity contribution in [3.8, 4) is 11.1 Å². The standard InChI is InChI=1S/C47H46B2O4/c1-44(2)45(3,4)51-48(50-44)36-22-24-39-40(28-36)42(34-18-17-30-13-9-10-14-31(25-30)26-34)38-23-21-37(49-52-46(5,6)47(7,8)53-49)29-41(38)43(39)35-20-19-32-15-11-12-16-33(32)27-35/h9-24,26-29H,25H2,1-8H3. The van der Waals surface area contributed by atoms with Crippen molar-refractivity contribution < 1.29 is 18.6 Å². The van der Waals surface area contributed by atoms with E-state index in [0.717, 1.165) is 33.7 Å². The van der Waals surface area contributed by atoms with Gasteiger partial charge < -0.3 is 18.6 Å². The van der Waals surface area contributed by atoms with Crippen molar-refractivity contribution in [2.24, 2.45) is 0 Å². The summed E-state index contributed by atoms with van der Waals surface area (Å²) in [5.41, 5.74) is 7.49. The average molecular weight is 697 g/mol. The predicted molar refractivity (Wildman–Crippen MR) is 223 cm³/mol. The molecule has 264 valence electrons. The van der Waals surface area contributed by atoms with Crippen LogP contribution in [0.2, 0.25) is 0 Å². The zero-order chi connectivity index (χ0) is 36.9. The highest BCUT2D eigenvalue weighted by molar-refractivity contribution is 6.63. The highest BCUT2D eigenvalue weighted by atomic mass is 16.7. The van der Waals surface area contributed by atoms with Gasteiger partial charge in [0.1, 0.15) is 0 Å². The van der Waals surface area contributed by atoms with E-state index in [-0.39, 0.29) is 0 Å². The molecular formula is C47H46B2O4. The summed E-state index contributed by atoms with van der Waals surface area (Å²) in [6.45, 7) is 16.9. The summed E-state index contributed by atoms with van der Waals surface area (Å²) >= 11 is 0. The molecule has 2 fully saturated rings. The summed E-state index contributed by atoms with van der Waals surface area (Å²) in [5.74, 6) is 0. The van der Waals surface area contributed by atoms with E-state index >= 15 is 0 Å². The number of rotatable bonds is 4. The molecule has 6 heteroatoms. The van der Waals surface area contributed by atoms with Crippen LogP contribution in [0, 0.1) is 0 Å². The van der Waals surface area contributed by atoms with Crippen molar-refractivity contribution in [3.63, 3.8) is 0 Å². The summed E-state index contributed by atoms with van der Waals surface area (Å²) in [7, 11) is -0.968. The van der Waals surface area contributed by atoms with Crippen molar-refractivity contribution in [2.45, 2.75) is 84.2 Å². The summed E-state index contributed by atoms with van der Waals surface area (Å²) in [6, 6.07) is 29.0. The number of hydrogen-bond acceptors (Lipinski definition) is 4. The molecule has 0 amide bonds. The third kappa shape index (κ3) is 5.70. The number of allylic oxidation sites excluding steroid dienone is 10. The first-order valence-corrected chi connectivity index (χ1v) is 18.9. The average Bonchev–Trinajstić information content (AvgIpc) is 3.29. The van der Waals surface area contributed by atoms with Crippen LogP contribution in [0.15, 0.2) is 133 Å². The molecule has 0 unspecified atom stereocenters. The topological polar surface area (TPSA) is 36.9 Å². The molecule has 0 radical (unpaired) electrons. The van der Waals surface area contributed by atoms with Crippen molar-refractivity contribution in [1.29, 1.82) is 0 Å². The monoisotopic (exact) mass is 696 g/mol. The smallest absolute Gasteiger partial charge is 0.399 e. The van der Waals surface area contributed by atoms with Crippen LogP contribution in [0.1, 0.15) is 67.4 Å². The molecule has 4 aliphatic rings. The Balaban J connectivity index is 1.36. The van der Waals surface area contributed by atoms with E-state index in [1.54, 1.807) is 0 Å². The lowest BCUT2D eigenvalue weighted by atomic mass is 9.74. The van der Waals surface area contributed by atoms with E-state index in [0.29, 0.717) is 0 Å².